The third-order valence-corrected chi connectivity index (χ3v) is 2.96. The van der Waals surface area contributed by atoms with Crippen LogP contribution in [-0.4, -0.2) is 15.6 Å². The second-order valence-electron chi connectivity index (χ2n) is 4.43. The number of rotatable bonds is 6. The molecule has 0 fully saturated rings. The van der Waals surface area contributed by atoms with Crippen LogP contribution in [0.15, 0.2) is 42.7 Å². The van der Waals surface area contributed by atoms with Gasteiger partial charge in [0.1, 0.15) is 6.54 Å². The number of carbonyl (C=O) groups excluding carboxylic acids is 1. The van der Waals surface area contributed by atoms with Gasteiger partial charge in [-0.2, -0.15) is 5.10 Å². The number of nitrogens with zero attached hydrogens (tertiary/aromatic N) is 2. The molecule has 2 aromatic rings. The normalized spacial score (nSPS) is 10.5. The quantitative estimate of drug-likeness (QED) is 0.729. The van der Waals surface area contributed by atoms with Crippen molar-refractivity contribution in [1.82, 2.24) is 9.78 Å². The summed E-state index contributed by atoms with van der Waals surface area (Å²) >= 11 is 0. The summed E-state index contributed by atoms with van der Waals surface area (Å²) in [6, 6.07) is 9.74. The Balaban J connectivity index is 1.98. The fourth-order valence-electron chi connectivity index (χ4n) is 1.87. The minimum absolute atomic E-state index is 0.0979. The molecule has 0 saturated heterocycles. The summed E-state index contributed by atoms with van der Waals surface area (Å²) in [6.07, 6.45) is 6.96. The van der Waals surface area contributed by atoms with Crippen LogP contribution in [0.25, 0.3) is 0 Å². The zero-order valence-corrected chi connectivity index (χ0v) is 10.7. The predicted octanol–water partition coefficient (Wildman–Crippen LogP) is 3.11. The maximum atomic E-state index is 12.0. The van der Waals surface area contributed by atoms with Crippen LogP contribution in [0.5, 0.6) is 0 Å². The van der Waals surface area contributed by atoms with E-state index in [2.05, 4.69) is 12.0 Å². The van der Waals surface area contributed by atoms with Crippen LogP contribution in [-0.2, 0) is 13.0 Å². The largest absolute Gasteiger partial charge is 0.292 e. The highest BCUT2D eigenvalue weighted by Gasteiger charge is 2.06. The van der Waals surface area contributed by atoms with Gasteiger partial charge in [0.2, 0.25) is 0 Å². The average Bonchev–Trinajstić information content (AvgIpc) is 2.89. The minimum Gasteiger partial charge on any atom is -0.292 e. The van der Waals surface area contributed by atoms with E-state index in [0.29, 0.717) is 6.54 Å². The molecule has 0 aliphatic heterocycles. The van der Waals surface area contributed by atoms with Crippen LogP contribution in [0.3, 0.4) is 0 Å². The number of benzene rings is 1. The lowest BCUT2D eigenvalue weighted by Crippen LogP contribution is -2.10. The first-order valence-corrected chi connectivity index (χ1v) is 6.39. The van der Waals surface area contributed by atoms with Gasteiger partial charge in [-0.05, 0) is 24.5 Å². The Kier molecular flexibility index (Phi) is 4.29. The van der Waals surface area contributed by atoms with E-state index in [1.807, 2.05) is 30.3 Å². The van der Waals surface area contributed by atoms with Crippen molar-refractivity contribution < 1.29 is 4.79 Å². The molecule has 1 aromatic carbocycles. The van der Waals surface area contributed by atoms with Gasteiger partial charge in [0.05, 0.1) is 0 Å². The van der Waals surface area contributed by atoms with Crippen molar-refractivity contribution in [3.63, 3.8) is 0 Å². The first kappa shape index (κ1) is 12.6. The maximum Gasteiger partial charge on any atom is 0.184 e. The molecule has 0 spiro atoms. The topological polar surface area (TPSA) is 34.9 Å². The second-order valence-corrected chi connectivity index (χ2v) is 4.43. The van der Waals surface area contributed by atoms with Crippen LogP contribution in [0, 0.1) is 0 Å². The van der Waals surface area contributed by atoms with Gasteiger partial charge in [-0.1, -0.05) is 37.6 Å². The summed E-state index contributed by atoms with van der Waals surface area (Å²) < 4.78 is 1.65. The Bertz CT molecular complexity index is 486. The zero-order chi connectivity index (χ0) is 12.8. The molecule has 0 atom stereocenters. The number of ketones is 1. The smallest absolute Gasteiger partial charge is 0.184 e. The standard InChI is InChI=1S/C15H18N2O/c1-2-3-5-13-6-8-14(9-7-13)15(18)12-17-11-4-10-16-17/h4,6-11H,2-3,5,12H2,1H3. The molecular formula is C15H18N2O. The molecule has 0 unspecified atom stereocenters. The van der Waals surface area contributed by atoms with E-state index in [-0.39, 0.29) is 5.78 Å². The third-order valence-electron chi connectivity index (χ3n) is 2.96. The summed E-state index contributed by atoms with van der Waals surface area (Å²) in [5.74, 6) is 0.0979. The highest BCUT2D eigenvalue weighted by molar-refractivity contribution is 5.95. The van der Waals surface area contributed by atoms with Crippen LogP contribution in [0.2, 0.25) is 0 Å². The SMILES string of the molecule is CCCCc1ccc(C(=O)Cn2cccn2)cc1. The van der Waals surface area contributed by atoms with Gasteiger partial charge in [0.15, 0.2) is 5.78 Å². The molecule has 2 rings (SSSR count). The van der Waals surface area contributed by atoms with Gasteiger partial charge >= 0.3 is 0 Å². The molecule has 0 radical (unpaired) electrons. The molecule has 18 heavy (non-hydrogen) atoms. The maximum absolute atomic E-state index is 12.0. The van der Waals surface area contributed by atoms with E-state index < -0.39 is 0 Å². The number of carbonyl (C=O) groups is 1. The highest BCUT2D eigenvalue weighted by Crippen LogP contribution is 2.09. The van der Waals surface area contributed by atoms with Crippen LogP contribution in [0.1, 0.15) is 35.7 Å². The van der Waals surface area contributed by atoms with E-state index in [4.69, 9.17) is 0 Å². The van der Waals surface area contributed by atoms with E-state index >= 15 is 0 Å². The molecule has 0 N–H and O–H groups in total. The van der Waals surface area contributed by atoms with Crippen LogP contribution in [0.4, 0.5) is 0 Å². The number of aromatic nitrogens is 2. The van der Waals surface area contributed by atoms with Gasteiger partial charge in [-0.25, -0.2) is 0 Å². The zero-order valence-electron chi connectivity index (χ0n) is 10.7. The third kappa shape index (κ3) is 3.29. The molecule has 1 heterocycles. The lowest BCUT2D eigenvalue weighted by atomic mass is 10.0. The predicted molar refractivity (Wildman–Crippen MR) is 71.6 cm³/mol. The molecule has 0 aliphatic carbocycles. The summed E-state index contributed by atoms with van der Waals surface area (Å²) in [7, 11) is 0. The van der Waals surface area contributed by atoms with Gasteiger partial charge in [0.25, 0.3) is 0 Å². The van der Waals surface area contributed by atoms with E-state index in [1.54, 1.807) is 17.1 Å². The molecule has 1 aromatic heterocycles. The highest BCUT2D eigenvalue weighted by atomic mass is 16.1. The molecular weight excluding hydrogens is 224 g/mol. The van der Waals surface area contributed by atoms with E-state index in [1.165, 1.54) is 18.4 Å². The monoisotopic (exact) mass is 242 g/mol. The molecule has 0 bridgehead atoms. The Morgan fingerprint density at radius 3 is 2.67 bits per heavy atom. The molecule has 94 valence electrons. The van der Waals surface area contributed by atoms with Crippen molar-refractivity contribution in [1.29, 1.82) is 0 Å². The number of Topliss-reactive ketones (excluding diaryl/α,β-unsaturated/α-hetero) is 1. The number of unbranched alkanes of at least 4 members (excludes halogenated alkanes) is 1. The van der Waals surface area contributed by atoms with Gasteiger partial charge in [0, 0.05) is 18.0 Å². The molecule has 0 aliphatic rings. The molecule has 3 nitrogen and oxygen atoms in total. The van der Waals surface area contributed by atoms with Crippen LogP contribution >= 0.6 is 0 Å². The Hall–Kier alpha value is -1.90. The Labute approximate surface area is 107 Å². The van der Waals surface area contributed by atoms with E-state index in [0.717, 1.165) is 12.0 Å². The summed E-state index contributed by atoms with van der Waals surface area (Å²) in [4.78, 5) is 12.0. The fourth-order valence-corrected chi connectivity index (χ4v) is 1.87. The summed E-state index contributed by atoms with van der Waals surface area (Å²) in [6.45, 7) is 2.49. The van der Waals surface area contributed by atoms with Crippen molar-refractivity contribution in [3.05, 3.63) is 53.9 Å². The van der Waals surface area contributed by atoms with Crippen molar-refractivity contribution >= 4 is 5.78 Å². The number of hydrogen-bond acceptors (Lipinski definition) is 2. The van der Waals surface area contributed by atoms with Crippen molar-refractivity contribution in [2.24, 2.45) is 0 Å². The molecule has 0 saturated carbocycles. The van der Waals surface area contributed by atoms with Crippen molar-refractivity contribution in [2.75, 3.05) is 0 Å². The average molecular weight is 242 g/mol. The number of hydrogen-bond donors (Lipinski definition) is 0. The van der Waals surface area contributed by atoms with Crippen LogP contribution < -0.4 is 0 Å². The lowest BCUT2D eigenvalue weighted by Gasteiger charge is -2.04. The number of aryl methyl sites for hydroxylation is 1. The Morgan fingerprint density at radius 2 is 2.06 bits per heavy atom. The Morgan fingerprint density at radius 1 is 1.28 bits per heavy atom. The fraction of sp³-hybridized carbons (Fsp3) is 0.333. The van der Waals surface area contributed by atoms with Crippen molar-refractivity contribution in [3.8, 4) is 0 Å². The van der Waals surface area contributed by atoms with Crippen molar-refractivity contribution in [2.45, 2.75) is 32.7 Å². The summed E-state index contributed by atoms with van der Waals surface area (Å²) in [5, 5.41) is 4.04. The second kappa shape index (κ2) is 6.15. The van der Waals surface area contributed by atoms with Gasteiger partial charge in [-0.15, -0.1) is 0 Å². The van der Waals surface area contributed by atoms with Gasteiger partial charge < -0.3 is 0 Å². The minimum atomic E-state index is 0.0979. The molecule has 0 amide bonds. The first-order chi connectivity index (χ1) is 8.79. The first-order valence-electron chi connectivity index (χ1n) is 6.39. The lowest BCUT2D eigenvalue weighted by molar-refractivity contribution is 0.0967. The van der Waals surface area contributed by atoms with Gasteiger partial charge in [-0.3, -0.25) is 9.48 Å². The molecule has 3 heteroatoms. The summed E-state index contributed by atoms with van der Waals surface area (Å²) in [5.41, 5.74) is 2.05. The van der Waals surface area contributed by atoms with E-state index in [9.17, 15) is 4.79 Å².